The van der Waals surface area contributed by atoms with E-state index < -0.39 is 0 Å². The second-order valence-corrected chi connectivity index (χ2v) is 5.83. The van der Waals surface area contributed by atoms with E-state index in [1.54, 1.807) is 0 Å². The van der Waals surface area contributed by atoms with E-state index in [9.17, 15) is 0 Å². The van der Waals surface area contributed by atoms with Crippen molar-refractivity contribution in [1.29, 1.82) is 0 Å². The van der Waals surface area contributed by atoms with Crippen LogP contribution >= 0.6 is 12.2 Å². The zero-order valence-electron chi connectivity index (χ0n) is 11.8. The van der Waals surface area contributed by atoms with Crippen molar-refractivity contribution >= 4 is 23.0 Å². The largest absolute Gasteiger partial charge is 0.389 e. The van der Waals surface area contributed by atoms with E-state index in [4.69, 9.17) is 18.0 Å². The minimum atomic E-state index is 0.410. The highest BCUT2D eigenvalue weighted by molar-refractivity contribution is 7.80. The average molecular weight is 278 g/mol. The molecule has 104 valence electrons. The van der Waals surface area contributed by atoms with Gasteiger partial charge in [-0.2, -0.15) is 0 Å². The van der Waals surface area contributed by atoms with E-state index in [2.05, 4.69) is 29.3 Å². The van der Waals surface area contributed by atoms with E-state index in [-0.39, 0.29) is 0 Å². The first kappa shape index (κ1) is 14.2. The smallest absolute Gasteiger partial charge is 0.141 e. The Labute approximate surface area is 120 Å². The summed E-state index contributed by atoms with van der Waals surface area (Å²) in [5.41, 5.74) is 10.9. The normalized spacial score (nSPS) is 24.2. The molecule has 2 atom stereocenters. The maximum absolute atomic E-state index is 5.70. The number of hydrazine groups is 1. The molecule has 0 aromatic carbocycles. The number of hydrogen-bond acceptors (Lipinski definition) is 4. The van der Waals surface area contributed by atoms with Crippen LogP contribution in [0.1, 0.15) is 44.4 Å². The summed E-state index contributed by atoms with van der Waals surface area (Å²) in [6, 6.07) is 4.86. The van der Waals surface area contributed by atoms with Gasteiger partial charge in [0.25, 0.3) is 0 Å². The number of nitrogens with zero attached hydrogens (tertiary/aromatic N) is 2. The lowest BCUT2D eigenvalue weighted by atomic mass is 10.00. The third-order valence-corrected chi connectivity index (χ3v) is 3.91. The van der Waals surface area contributed by atoms with E-state index in [1.165, 1.54) is 19.3 Å². The Balaban J connectivity index is 2.20. The molecule has 1 aromatic heterocycles. The zero-order valence-corrected chi connectivity index (χ0v) is 12.6. The molecule has 2 rings (SSSR count). The second-order valence-electron chi connectivity index (χ2n) is 5.39. The topological polar surface area (TPSA) is 54.2 Å². The first-order chi connectivity index (χ1) is 8.97. The molecule has 0 saturated carbocycles. The summed E-state index contributed by atoms with van der Waals surface area (Å²) < 4.78 is 0. The maximum atomic E-state index is 5.70. The predicted octanol–water partition coefficient (Wildman–Crippen LogP) is 2.61. The van der Waals surface area contributed by atoms with Crippen molar-refractivity contribution in [3.63, 3.8) is 0 Å². The molecule has 0 bridgehead atoms. The van der Waals surface area contributed by atoms with E-state index in [1.807, 2.05) is 19.1 Å². The van der Waals surface area contributed by atoms with Crippen LogP contribution in [-0.2, 0) is 0 Å². The highest BCUT2D eigenvalue weighted by Crippen LogP contribution is 2.23. The molecule has 3 N–H and O–H groups in total. The molecule has 5 heteroatoms. The van der Waals surface area contributed by atoms with Crippen molar-refractivity contribution in [2.45, 2.75) is 52.1 Å². The summed E-state index contributed by atoms with van der Waals surface area (Å²) in [4.78, 5) is 4.92. The maximum Gasteiger partial charge on any atom is 0.141 e. The molecule has 4 nitrogen and oxygen atoms in total. The number of piperidine rings is 1. The quantitative estimate of drug-likeness (QED) is 0.832. The molecule has 1 aromatic rings. The number of aromatic nitrogens is 1. The van der Waals surface area contributed by atoms with Crippen LogP contribution in [0, 0.1) is 6.92 Å². The fourth-order valence-corrected chi connectivity index (χ4v) is 2.76. The predicted molar refractivity (Wildman–Crippen MR) is 83.1 cm³/mol. The van der Waals surface area contributed by atoms with Crippen molar-refractivity contribution in [2.75, 3.05) is 5.43 Å². The summed E-state index contributed by atoms with van der Waals surface area (Å²) in [7, 11) is 0. The number of hydrogen-bond donors (Lipinski definition) is 2. The van der Waals surface area contributed by atoms with Crippen LogP contribution in [0.5, 0.6) is 0 Å². The highest BCUT2D eigenvalue weighted by atomic mass is 32.1. The third kappa shape index (κ3) is 3.42. The molecular weight excluding hydrogens is 256 g/mol. The van der Waals surface area contributed by atoms with E-state index in [0.717, 1.165) is 17.1 Å². The van der Waals surface area contributed by atoms with E-state index in [0.29, 0.717) is 17.1 Å². The highest BCUT2D eigenvalue weighted by Gasteiger charge is 2.25. The van der Waals surface area contributed by atoms with Crippen LogP contribution < -0.4 is 11.2 Å². The zero-order chi connectivity index (χ0) is 14.0. The SMILES string of the molecule is Cc1cc(C(N)=S)cc(NN2C(C)CCCC2C)n1. The van der Waals surface area contributed by atoms with Crippen LogP contribution in [0.4, 0.5) is 5.82 Å². The number of anilines is 1. The van der Waals surface area contributed by atoms with E-state index >= 15 is 0 Å². The van der Waals surface area contributed by atoms with Gasteiger partial charge in [-0.25, -0.2) is 9.99 Å². The Morgan fingerprint density at radius 2 is 2.00 bits per heavy atom. The first-order valence-electron chi connectivity index (χ1n) is 6.81. The summed E-state index contributed by atoms with van der Waals surface area (Å²) in [5, 5.41) is 2.29. The van der Waals surface area contributed by atoms with Crippen molar-refractivity contribution in [1.82, 2.24) is 9.99 Å². The fourth-order valence-electron chi connectivity index (χ4n) is 2.64. The van der Waals surface area contributed by atoms with Gasteiger partial charge in [0, 0.05) is 23.3 Å². The fraction of sp³-hybridized carbons (Fsp3) is 0.571. The molecule has 2 heterocycles. The number of nitrogens with two attached hydrogens (primary N) is 1. The first-order valence-corrected chi connectivity index (χ1v) is 7.21. The van der Waals surface area contributed by atoms with Gasteiger partial charge in [0.05, 0.1) is 0 Å². The van der Waals surface area contributed by atoms with Crippen LogP contribution in [0.15, 0.2) is 12.1 Å². The van der Waals surface area contributed by atoms with Crippen LogP contribution in [0.3, 0.4) is 0 Å². The van der Waals surface area contributed by atoms with Crippen molar-refractivity contribution in [3.05, 3.63) is 23.4 Å². The molecule has 0 aliphatic carbocycles. The van der Waals surface area contributed by atoms with Crippen LogP contribution in [0.25, 0.3) is 0 Å². The Hall–Kier alpha value is -1.20. The average Bonchev–Trinajstić information content (AvgIpc) is 2.33. The molecule has 0 amide bonds. The van der Waals surface area contributed by atoms with Gasteiger partial charge >= 0.3 is 0 Å². The lowest BCUT2D eigenvalue weighted by Gasteiger charge is -2.39. The van der Waals surface area contributed by atoms with Gasteiger partial charge in [-0.15, -0.1) is 0 Å². The molecule has 2 unspecified atom stereocenters. The Morgan fingerprint density at radius 3 is 2.58 bits per heavy atom. The number of pyridine rings is 1. The van der Waals surface area contributed by atoms with Gasteiger partial charge in [-0.05, 0) is 45.7 Å². The Morgan fingerprint density at radius 1 is 1.37 bits per heavy atom. The van der Waals surface area contributed by atoms with Gasteiger partial charge < -0.3 is 11.2 Å². The minimum absolute atomic E-state index is 0.410. The summed E-state index contributed by atoms with van der Waals surface area (Å²) in [6.07, 6.45) is 3.72. The molecular formula is C14H22N4S. The number of nitrogens with one attached hydrogen (secondary N) is 1. The Bertz CT molecular complexity index is 465. The molecule has 0 spiro atoms. The van der Waals surface area contributed by atoms with Crippen molar-refractivity contribution in [3.8, 4) is 0 Å². The summed E-state index contributed by atoms with van der Waals surface area (Å²) >= 11 is 5.04. The third-order valence-electron chi connectivity index (χ3n) is 3.68. The van der Waals surface area contributed by atoms with Gasteiger partial charge in [0.2, 0.25) is 0 Å². The standard InChI is InChI=1S/C14H22N4S/c1-9-7-12(14(15)19)8-13(16-9)17-18-10(2)5-4-6-11(18)3/h7-8,10-11H,4-6H2,1-3H3,(H2,15,19)(H,16,17). The van der Waals surface area contributed by atoms with Gasteiger partial charge in [0.1, 0.15) is 10.8 Å². The van der Waals surface area contributed by atoms with Crippen molar-refractivity contribution < 1.29 is 0 Å². The molecule has 0 radical (unpaired) electrons. The summed E-state index contributed by atoms with van der Waals surface area (Å²) in [5.74, 6) is 0.823. The molecule has 1 fully saturated rings. The molecule has 19 heavy (non-hydrogen) atoms. The van der Waals surface area contributed by atoms with Crippen molar-refractivity contribution in [2.24, 2.45) is 5.73 Å². The van der Waals surface area contributed by atoms with Crippen LogP contribution in [-0.4, -0.2) is 27.1 Å². The summed E-state index contributed by atoms with van der Waals surface area (Å²) in [6.45, 7) is 6.44. The van der Waals surface area contributed by atoms with Gasteiger partial charge in [-0.1, -0.05) is 18.6 Å². The lowest BCUT2D eigenvalue weighted by molar-refractivity contribution is 0.135. The van der Waals surface area contributed by atoms with Gasteiger partial charge in [-0.3, -0.25) is 0 Å². The monoisotopic (exact) mass is 278 g/mol. The molecule has 1 aliphatic rings. The Kier molecular flexibility index (Phi) is 4.37. The number of rotatable bonds is 3. The molecule has 1 aliphatic heterocycles. The van der Waals surface area contributed by atoms with Crippen LogP contribution in [0.2, 0.25) is 0 Å². The second kappa shape index (κ2) is 5.84. The number of aryl methyl sites for hydroxylation is 1. The van der Waals surface area contributed by atoms with Gasteiger partial charge in [0.15, 0.2) is 0 Å². The lowest BCUT2D eigenvalue weighted by Crippen LogP contribution is -2.47. The molecule has 1 saturated heterocycles. The minimum Gasteiger partial charge on any atom is -0.389 e. The number of thiocarbonyl (C=S) groups is 1.